The number of fused-ring (bicyclic) bond motifs is 1. The highest BCUT2D eigenvalue weighted by molar-refractivity contribution is 7.19. The number of carbonyl (C=O) groups excluding carboxylic acids is 1. The van der Waals surface area contributed by atoms with E-state index in [1.54, 1.807) is 0 Å². The number of unbranched alkanes of at least 4 members (excludes halogenated alkanes) is 3. The van der Waals surface area contributed by atoms with Gasteiger partial charge in [-0.15, -0.1) is 11.3 Å². The van der Waals surface area contributed by atoms with Gasteiger partial charge in [0.05, 0.1) is 12.3 Å². The minimum Gasteiger partial charge on any atom is -0.481 e. The van der Waals surface area contributed by atoms with Gasteiger partial charge in [0.1, 0.15) is 11.9 Å². The molecule has 0 aliphatic heterocycles. The molecule has 1 saturated carbocycles. The van der Waals surface area contributed by atoms with Crippen LogP contribution in [0.3, 0.4) is 0 Å². The third kappa shape index (κ3) is 5.52. The maximum atomic E-state index is 14.4. The second-order valence-electron chi connectivity index (χ2n) is 7.90. The summed E-state index contributed by atoms with van der Waals surface area (Å²) in [7, 11) is 0. The molecule has 1 aromatic carbocycles. The van der Waals surface area contributed by atoms with Gasteiger partial charge in [-0.3, -0.25) is 9.59 Å². The van der Waals surface area contributed by atoms with Crippen LogP contribution in [0.15, 0.2) is 42.5 Å². The summed E-state index contributed by atoms with van der Waals surface area (Å²) < 4.78 is 29.9. The van der Waals surface area contributed by atoms with Crippen LogP contribution in [-0.4, -0.2) is 27.9 Å². The van der Waals surface area contributed by atoms with Crippen LogP contribution in [0.1, 0.15) is 55.9 Å². The molecule has 1 aromatic heterocycles. The summed E-state index contributed by atoms with van der Waals surface area (Å²) in [6, 6.07) is 9.53. The van der Waals surface area contributed by atoms with Crippen LogP contribution < -0.4 is 0 Å². The molecular weight excluding hydrogens is 410 g/mol. The molecule has 7 heteroatoms. The lowest BCUT2D eigenvalue weighted by atomic mass is 9.88. The van der Waals surface area contributed by atoms with E-state index in [4.69, 9.17) is 5.11 Å². The molecule has 1 fully saturated rings. The number of aliphatic hydroxyl groups is 1. The van der Waals surface area contributed by atoms with Gasteiger partial charge in [0.2, 0.25) is 0 Å². The minimum atomic E-state index is -3.11. The first-order valence-corrected chi connectivity index (χ1v) is 11.1. The van der Waals surface area contributed by atoms with Gasteiger partial charge in [-0.25, -0.2) is 8.78 Å². The van der Waals surface area contributed by atoms with Gasteiger partial charge in [-0.2, -0.15) is 0 Å². The van der Waals surface area contributed by atoms with Crippen LogP contribution in [0.5, 0.6) is 0 Å². The number of carbonyl (C=O) groups is 2. The van der Waals surface area contributed by atoms with Crippen LogP contribution in [0.2, 0.25) is 0 Å². The number of carboxylic acids is 1. The smallest absolute Gasteiger partial charge is 0.303 e. The number of aliphatic carboxylic acids is 1. The standard InChI is InChI=1S/C23H26F2O4S/c24-23(25)14-19(27)16(8-3-1-2-4-10-22(28)29)17(23)11-12-18(26)21-13-15-7-5-6-9-20(15)30-21/h5-7,9,11-13,16-18,26H,1-4,8,10,14H2,(H,28,29)/t16-,17-,18-/m1/s1. The normalized spacial score (nSPS) is 22.2. The highest BCUT2D eigenvalue weighted by Gasteiger charge is 2.53. The van der Waals surface area contributed by atoms with E-state index in [2.05, 4.69) is 0 Å². The van der Waals surface area contributed by atoms with E-state index >= 15 is 0 Å². The molecule has 3 rings (SSSR count). The number of hydrogen-bond acceptors (Lipinski definition) is 4. The van der Waals surface area contributed by atoms with Gasteiger partial charge in [0.15, 0.2) is 0 Å². The summed E-state index contributed by atoms with van der Waals surface area (Å²) in [5.41, 5.74) is 0. The van der Waals surface area contributed by atoms with Gasteiger partial charge in [-0.05, 0) is 30.4 Å². The van der Waals surface area contributed by atoms with Crippen LogP contribution in [0.4, 0.5) is 8.78 Å². The van der Waals surface area contributed by atoms with Crippen LogP contribution in [0, 0.1) is 11.8 Å². The molecule has 0 amide bonds. The molecule has 2 aromatic rings. The number of benzene rings is 1. The predicted octanol–water partition coefficient (Wildman–Crippen LogP) is 5.76. The van der Waals surface area contributed by atoms with Crippen molar-refractivity contribution in [2.75, 3.05) is 0 Å². The molecule has 1 aliphatic rings. The van der Waals surface area contributed by atoms with Crippen LogP contribution in [0.25, 0.3) is 10.1 Å². The van der Waals surface area contributed by atoms with Crippen molar-refractivity contribution in [1.29, 1.82) is 0 Å². The SMILES string of the molecule is O=C(O)CCCCCC[C@H]1C(=O)CC(F)(F)[C@@H]1C=C[C@@H](O)c1cc2ccccc2s1. The maximum Gasteiger partial charge on any atom is 0.303 e. The predicted molar refractivity (Wildman–Crippen MR) is 113 cm³/mol. The summed E-state index contributed by atoms with van der Waals surface area (Å²) >= 11 is 1.42. The van der Waals surface area contributed by atoms with Crippen molar-refractivity contribution in [3.8, 4) is 0 Å². The lowest BCUT2D eigenvalue weighted by Gasteiger charge is -2.20. The Labute approximate surface area is 178 Å². The van der Waals surface area contributed by atoms with Crippen LogP contribution in [-0.2, 0) is 9.59 Å². The first kappa shape index (κ1) is 22.6. The molecule has 4 nitrogen and oxygen atoms in total. The molecule has 1 aliphatic carbocycles. The number of thiophene rings is 1. The molecule has 1 heterocycles. The quantitative estimate of drug-likeness (QED) is 0.367. The molecule has 162 valence electrons. The van der Waals surface area contributed by atoms with Crippen molar-refractivity contribution in [3.63, 3.8) is 0 Å². The monoisotopic (exact) mass is 436 g/mol. The number of alkyl halides is 2. The van der Waals surface area contributed by atoms with Gasteiger partial charge < -0.3 is 10.2 Å². The number of aliphatic hydroxyl groups excluding tert-OH is 1. The van der Waals surface area contributed by atoms with E-state index < -0.39 is 42.0 Å². The molecule has 2 N–H and O–H groups in total. The zero-order valence-corrected chi connectivity index (χ0v) is 17.4. The zero-order valence-electron chi connectivity index (χ0n) is 16.6. The number of rotatable bonds is 10. The Balaban J connectivity index is 1.61. The van der Waals surface area contributed by atoms with E-state index in [9.17, 15) is 23.5 Å². The third-order valence-corrected chi connectivity index (χ3v) is 6.82. The molecular formula is C23H26F2O4S. The van der Waals surface area contributed by atoms with Crippen molar-refractivity contribution in [1.82, 2.24) is 0 Å². The molecule has 0 bridgehead atoms. The summed E-state index contributed by atoms with van der Waals surface area (Å²) in [5.74, 6) is -6.36. The Morgan fingerprint density at radius 1 is 1.23 bits per heavy atom. The summed E-state index contributed by atoms with van der Waals surface area (Å²) in [6.45, 7) is 0. The average Bonchev–Trinajstić information content (AvgIpc) is 3.20. The van der Waals surface area contributed by atoms with Gasteiger partial charge in [-0.1, -0.05) is 49.6 Å². The first-order valence-electron chi connectivity index (χ1n) is 10.2. The summed E-state index contributed by atoms with van der Waals surface area (Å²) in [4.78, 5) is 23.4. The maximum absolute atomic E-state index is 14.4. The van der Waals surface area contributed by atoms with E-state index in [1.807, 2.05) is 30.3 Å². The van der Waals surface area contributed by atoms with E-state index in [0.29, 0.717) is 37.0 Å². The number of halogens is 2. The van der Waals surface area contributed by atoms with Gasteiger partial charge in [0.25, 0.3) is 5.92 Å². The average molecular weight is 437 g/mol. The Hall–Kier alpha value is -2.12. The number of hydrogen-bond donors (Lipinski definition) is 2. The molecule has 0 radical (unpaired) electrons. The topological polar surface area (TPSA) is 74.6 Å². The van der Waals surface area contributed by atoms with Gasteiger partial charge in [0, 0.05) is 21.9 Å². The Morgan fingerprint density at radius 2 is 1.97 bits per heavy atom. The molecule has 0 saturated heterocycles. The fourth-order valence-electron chi connectivity index (χ4n) is 4.05. The summed E-state index contributed by atoms with van der Waals surface area (Å²) in [6.07, 6.45) is 3.96. The number of ketones is 1. The van der Waals surface area contributed by atoms with Crippen molar-refractivity contribution in [2.45, 2.75) is 57.0 Å². The van der Waals surface area contributed by atoms with E-state index in [-0.39, 0.29) is 6.42 Å². The first-order chi connectivity index (χ1) is 14.3. The molecule has 3 atom stereocenters. The number of carboxylic acid groups (broad SMARTS) is 1. The van der Waals surface area contributed by atoms with Crippen LogP contribution >= 0.6 is 11.3 Å². The van der Waals surface area contributed by atoms with E-state index in [1.165, 1.54) is 23.5 Å². The zero-order chi connectivity index (χ0) is 21.7. The highest BCUT2D eigenvalue weighted by atomic mass is 32.1. The lowest BCUT2D eigenvalue weighted by Crippen LogP contribution is -2.24. The minimum absolute atomic E-state index is 0.0986. The van der Waals surface area contributed by atoms with Gasteiger partial charge >= 0.3 is 5.97 Å². The largest absolute Gasteiger partial charge is 0.481 e. The molecule has 0 unspecified atom stereocenters. The summed E-state index contributed by atoms with van der Waals surface area (Å²) in [5, 5.41) is 20.1. The number of allylic oxidation sites excluding steroid dienone is 1. The third-order valence-electron chi connectivity index (χ3n) is 5.64. The molecule has 30 heavy (non-hydrogen) atoms. The van der Waals surface area contributed by atoms with Crippen molar-refractivity contribution < 1.29 is 28.6 Å². The second kappa shape index (κ2) is 9.79. The molecule has 0 spiro atoms. The van der Waals surface area contributed by atoms with Crippen molar-refractivity contribution >= 4 is 33.2 Å². The Bertz CT molecular complexity index is 888. The highest BCUT2D eigenvalue weighted by Crippen LogP contribution is 2.45. The number of Topliss-reactive ketones (excluding diaryl/α,β-unsaturated/α-hetero) is 1. The van der Waals surface area contributed by atoms with Crippen molar-refractivity contribution in [2.24, 2.45) is 11.8 Å². The fourth-order valence-corrected chi connectivity index (χ4v) is 5.08. The second-order valence-corrected chi connectivity index (χ2v) is 9.01. The lowest BCUT2D eigenvalue weighted by molar-refractivity contribution is -0.137. The Kier molecular flexibility index (Phi) is 7.36. The Morgan fingerprint density at radius 3 is 2.70 bits per heavy atom. The van der Waals surface area contributed by atoms with Crippen molar-refractivity contribution in [3.05, 3.63) is 47.4 Å². The fraction of sp³-hybridized carbons (Fsp3) is 0.478. The van der Waals surface area contributed by atoms with E-state index in [0.717, 1.165) is 10.1 Å².